The molecule has 0 aliphatic rings. The van der Waals surface area contributed by atoms with Crippen LogP contribution in [0.4, 0.5) is 0 Å². The van der Waals surface area contributed by atoms with Crippen LogP contribution in [0.2, 0.25) is 0 Å². The zero-order valence-electron chi connectivity index (χ0n) is 9.78. The second-order valence-electron chi connectivity index (χ2n) is 4.15. The first-order valence-electron chi connectivity index (χ1n) is 5.28. The van der Waals surface area contributed by atoms with E-state index < -0.39 is 0 Å². The summed E-state index contributed by atoms with van der Waals surface area (Å²) >= 11 is 0. The quantitative estimate of drug-likeness (QED) is 0.706. The molecule has 0 saturated heterocycles. The van der Waals surface area contributed by atoms with Gasteiger partial charge in [-0.1, -0.05) is 13.8 Å². The third kappa shape index (κ3) is 3.39. The van der Waals surface area contributed by atoms with E-state index in [0.717, 1.165) is 11.3 Å². The van der Waals surface area contributed by atoms with Gasteiger partial charge in [-0.25, -0.2) is 0 Å². The van der Waals surface area contributed by atoms with Crippen LogP contribution in [-0.2, 0) is 0 Å². The molecule has 0 radical (unpaired) electrons. The minimum atomic E-state index is 0.0819. The van der Waals surface area contributed by atoms with Crippen molar-refractivity contribution in [1.29, 1.82) is 0 Å². The van der Waals surface area contributed by atoms with Crippen LogP contribution in [0.25, 0.3) is 0 Å². The molecule has 0 amide bonds. The molecule has 0 spiro atoms. The van der Waals surface area contributed by atoms with E-state index in [-0.39, 0.29) is 11.9 Å². The molecule has 1 unspecified atom stereocenters. The molecule has 2 heteroatoms. The number of ketones is 1. The number of hydrogen-bond acceptors (Lipinski definition) is 2. The van der Waals surface area contributed by atoms with E-state index in [2.05, 4.69) is 13.8 Å². The van der Waals surface area contributed by atoms with Crippen LogP contribution in [0.15, 0.2) is 24.3 Å². The Labute approximate surface area is 91.3 Å². The van der Waals surface area contributed by atoms with Gasteiger partial charge in [-0.15, -0.1) is 0 Å². The van der Waals surface area contributed by atoms with Gasteiger partial charge in [-0.3, -0.25) is 4.79 Å². The van der Waals surface area contributed by atoms with Crippen molar-refractivity contribution < 1.29 is 9.53 Å². The van der Waals surface area contributed by atoms with Gasteiger partial charge < -0.3 is 4.74 Å². The topological polar surface area (TPSA) is 26.3 Å². The molecule has 1 atom stereocenters. The lowest BCUT2D eigenvalue weighted by Crippen LogP contribution is -2.18. The Morgan fingerprint density at radius 3 is 2.07 bits per heavy atom. The van der Waals surface area contributed by atoms with E-state index in [1.807, 2.05) is 19.1 Å². The predicted molar refractivity (Wildman–Crippen MR) is 61.4 cm³/mol. The van der Waals surface area contributed by atoms with Crippen molar-refractivity contribution in [2.75, 3.05) is 0 Å². The van der Waals surface area contributed by atoms with Gasteiger partial charge in [0.05, 0.1) is 6.10 Å². The summed E-state index contributed by atoms with van der Waals surface area (Å²) in [5.74, 6) is 1.39. The predicted octanol–water partition coefficient (Wildman–Crippen LogP) is 3.31. The van der Waals surface area contributed by atoms with Crippen molar-refractivity contribution in [3.05, 3.63) is 29.8 Å². The Hall–Kier alpha value is -1.31. The molecule has 82 valence electrons. The summed E-state index contributed by atoms with van der Waals surface area (Å²) < 4.78 is 5.70. The molecular formula is C13H18O2. The maximum absolute atomic E-state index is 11.0. The Balaban J connectivity index is 2.68. The molecule has 0 N–H and O–H groups in total. The zero-order chi connectivity index (χ0) is 11.4. The smallest absolute Gasteiger partial charge is 0.159 e. The molecule has 2 nitrogen and oxygen atoms in total. The van der Waals surface area contributed by atoms with Gasteiger partial charge in [0, 0.05) is 5.56 Å². The molecule has 1 rings (SSSR count). The lowest BCUT2D eigenvalue weighted by Gasteiger charge is -2.17. The van der Waals surface area contributed by atoms with Gasteiger partial charge in [0.2, 0.25) is 0 Å². The van der Waals surface area contributed by atoms with E-state index in [0.29, 0.717) is 5.92 Å². The van der Waals surface area contributed by atoms with Crippen LogP contribution < -0.4 is 4.74 Å². The molecule has 0 bridgehead atoms. The maximum atomic E-state index is 11.0. The molecule has 0 aliphatic carbocycles. The number of carbonyl (C=O) groups excluding carboxylic acids is 1. The molecule has 15 heavy (non-hydrogen) atoms. The molecule has 0 aromatic heterocycles. The standard InChI is InChI=1S/C13H18O2/c1-9(2)11(4)15-13-7-5-12(6-8-13)10(3)14/h5-9,11H,1-4H3. The maximum Gasteiger partial charge on any atom is 0.159 e. The van der Waals surface area contributed by atoms with Gasteiger partial charge in [-0.2, -0.15) is 0 Å². The van der Waals surface area contributed by atoms with Crippen molar-refractivity contribution in [1.82, 2.24) is 0 Å². The molecule has 0 fully saturated rings. The number of ether oxygens (including phenoxy) is 1. The summed E-state index contributed by atoms with van der Waals surface area (Å²) in [7, 11) is 0. The van der Waals surface area contributed by atoms with E-state index in [9.17, 15) is 4.79 Å². The Morgan fingerprint density at radius 2 is 1.67 bits per heavy atom. The molecule has 0 heterocycles. The van der Waals surface area contributed by atoms with Gasteiger partial charge in [0.15, 0.2) is 5.78 Å². The van der Waals surface area contributed by atoms with Crippen molar-refractivity contribution >= 4 is 5.78 Å². The fourth-order valence-corrected chi connectivity index (χ4v) is 1.12. The van der Waals surface area contributed by atoms with E-state index in [4.69, 9.17) is 4.74 Å². The van der Waals surface area contributed by atoms with Crippen molar-refractivity contribution in [3.63, 3.8) is 0 Å². The Morgan fingerprint density at radius 1 is 1.13 bits per heavy atom. The second-order valence-corrected chi connectivity index (χ2v) is 4.15. The number of hydrogen-bond donors (Lipinski definition) is 0. The van der Waals surface area contributed by atoms with Crippen LogP contribution >= 0.6 is 0 Å². The molecule has 1 aromatic carbocycles. The van der Waals surface area contributed by atoms with Crippen LogP contribution in [-0.4, -0.2) is 11.9 Å². The number of benzene rings is 1. The molecular weight excluding hydrogens is 188 g/mol. The molecule has 0 saturated carbocycles. The number of carbonyl (C=O) groups is 1. The second kappa shape index (κ2) is 4.96. The van der Waals surface area contributed by atoms with Gasteiger partial charge in [-0.05, 0) is 44.0 Å². The summed E-state index contributed by atoms with van der Waals surface area (Å²) in [5, 5.41) is 0. The first-order valence-corrected chi connectivity index (χ1v) is 5.28. The summed E-state index contributed by atoms with van der Waals surface area (Å²) in [6.07, 6.45) is 0.188. The number of rotatable bonds is 4. The SMILES string of the molecule is CC(=O)c1ccc(OC(C)C(C)C)cc1. The zero-order valence-corrected chi connectivity index (χ0v) is 9.78. The van der Waals surface area contributed by atoms with E-state index in [1.54, 1.807) is 19.1 Å². The average molecular weight is 206 g/mol. The summed E-state index contributed by atoms with van der Waals surface area (Å²) in [5.41, 5.74) is 0.722. The summed E-state index contributed by atoms with van der Waals surface area (Å²) in [6.45, 7) is 7.85. The minimum absolute atomic E-state index is 0.0819. The van der Waals surface area contributed by atoms with E-state index in [1.165, 1.54) is 0 Å². The largest absolute Gasteiger partial charge is 0.490 e. The fourth-order valence-electron chi connectivity index (χ4n) is 1.12. The summed E-state index contributed by atoms with van der Waals surface area (Å²) in [4.78, 5) is 11.0. The highest BCUT2D eigenvalue weighted by atomic mass is 16.5. The molecule has 0 aliphatic heterocycles. The van der Waals surface area contributed by atoms with E-state index >= 15 is 0 Å². The lowest BCUT2D eigenvalue weighted by atomic mass is 10.1. The highest BCUT2D eigenvalue weighted by Crippen LogP contribution is 2.16. The normalized spacial score (nSPS) is 12.6. The highest BCUT2D eigenvalue weighted by Gasteiger charge is 2.08. The first kappa shape index (κ1) is 11.8. The van der Waals surface area contributed by atoms with Gasteiger partial charge >= 0.3 is 0 Å². The lowest BCUT2D eigenvalue weighted by molar-refractivity contribution is 0.101. The monoisotopic (exact) mass is 206 g/mol. The highest BCUT2D eigenvalue weighted by molar-refractivity contribution is 5.94. The van der Waals surface area contributed by atoms with Crippen LogP contribution in [0.3, 0.4) is 0 Å². The van der Waals surface area contributed by atoms with Gasteiger partial charge in [0.1, 0.15) is 5.75 Å². The summed E-state index contributed by atoms with van der Waals surface area (Å²) in [6, 6.07) is 7.28. The van der Waals surface area contributed by atoms with Crippen LogP contribution in [0.5, 0.6) is 5.75 Å². The van der Waals surface area contributed by atoms with Crippen molar-refractivity contribution in [2.45, 2.75) is 33.8 Å². The first-order chi connectivity index (χ1) is 7.00. The third-order valence-electron chi connectivity index (χ3n) is 2.52. The van der Waals surface area contributed by atoms with Crippen LogP contribution in [0, 0.1) is 5.92 Å². The van der Waals surface area contributed by atoms with Crippen molar-refractivity contribution in [3.8, 4) is 5.75 Å². The van der Waals surface area contributed by atoms with Gasteiger partial charge in [0.25, 0.3) is 0 Å². The number of Topliss-reactive ketones (excluding diaryl/α,β-unsaturated/α-hetero) is 1. The fraction of sp³-hybridized carbons (Fsp3) is 0.462. The van der Waals surface area contributed by atoms with Crippen LogP contribution in [0.1, 0.15) is 38.1 Å². The minimum Gasteiger partial charge on any atom is -0.490 e. The average Bonchev–Trinajstić information content (AvgIpc) is 2.18. The Kier molecular flexibility index (Phi) is 3.89. The van der Waals surface area contributed by atoms with Crippen molar-refractivity contribution in [2.24, 2.45) is 5.92 Å². The Bertz CT molecular complexity index is 325. The third-order valence-corrected chi connectivity index (χ3v) is 2.52. The molecule has 1 aromatic rings.